The van der Waals surface area contributed by atoms with Gasteiger partial charge in [0.2, 0.25) is 5.91 Å². The van der Waals surface area contributed by atoms with Crippen molar-refractivity contribution in [1.29, 1.82) is 0 Å². The van der Waals surface area contributed by atoms with E-state index in [4.69, 9.17) is 4.74 Å². The minimum Gasteiger partial charge on any atom is -0.467 e. The predicted octanol–water partition coefficient (Wildman–Crippen LogP) is 1.85. The Morgan fingerprint density at radius 2 is 2.00 bits per heavy atom. The lowest BCUT2D eigenvalue weighted by Crippen LogP contribution is -2.49. The highest BCUT2D eigenvalue weighted by Crippen LogP contribution is 2.18. The molecule has 1 aromatic carbocycles. The van der Waals surface area contributed by atoms with Gasteiger partial charge in [0.25, 0.3) is 0 Å². The highest BCUT2D eigenvalue weighted by molar-refractivity contribution is 5.84. The second kappa shape index (κ2) is 9.79. The first-order valence-electron chi connectivity index (χ1n) is 9.00. The van der Waals surface area contributed by atoms with Crippen molar-refractivity contribution < 1.29 is 19.1 Å². The fourth-order valence-corrected chi connectivity index (χ4v) is 3.06. The number of rotatable bonds is 6. The molecule has 0 radical (unpaired) electrons. The molecule has 1 heterocycles. The molecule has 1 aliphatic heterocycles. The summed E-state index contributed by atoms with van der Waals surface area (Å²) in [6.07, 6.45) is 2.29. The van der Waals surface area contributed by atoms with E-state index in [2.05, 4.69) is 10.6 Å². The van der Waals surface area contributed by atoms with E-state index >= 15 is 0 Å². The molecule has 1 saturated heterocycles. The molecule has 0 saturated carbocycles. The van der Waals surface area contributed by atoms with Gasteiger partial charge in [-0.3, -0.25) is 4.79 Å². The Morgan fingerprint density at radius 1 is 1.27 bits per heavy atom. The van der Waals surface area contributed by atoms with Gasteiger partial charge in [0.05, 0.1) is 7.11 Å². The van der Waals surface area contributed by atoms with E-state index in [-0.39, 0.29) is 17.9 Å². The highest BCUT2D eigenvalue weighted by atomic mass is 16.5. The van der Waals surface area contributed by atoms with Crippen LogP contribution in [0.3, 0.4) is 0 Å². The second-order valence-electron chi connectivity index (χ2n) is 6.43. The summed E-state index contributed by atoms with van der Waals surface area (Å²) in [5.74, 6) is -0.270. The highest BCUT2D eigenvalue weighted by Gasteiger charge is 2.29. The van der Waals surface area contributed by atoms with Crippen molar-refractivity contribution in [3.05, 3.63) is 35.9 Å². The van der Waals surface area contributed by atoms with Gasteiger partial charge < -0.3 is 20.3 Å². The van der Waals surface area contributed by atoms with E-state index in [9.17, 15) is 14.4 Å². The van der Waals surface area contributed by atoms with Crippen molar-refractivity contribution >= 4 is 17.9 Å². The van der Waals surface area contributed by atoms with Crippen LogP contribution in [0.4, 0.5) is 4.79 Å². The topological polar surface area (TPSA) is 87.7 Å². The number of benzene rings is 1. The number of ether oxygens (including phenoxy) is 1. The second-order valence-corrected chi connectivity index (χ2v) is 6.43. The van der Waals surface area contributed by atoms with Crippen LogP contribution in [0.5, 0.6) is 0 Å². The van der Waals surface area contributed by atoms with Crippen LogP contribution >= 0.6 is 0 Å². The Labute approximate surface area is 154 Å². The lowest BCUT2D eigenvalue weighted by Gasteiger charge is -2.33. The summed E-state index contributed by atoms with van der Waals surface area (Å²) in [5, 5.41) is 5.66. The standard InChI is InChI=1S/C19H27N3O4/c1-3-16(23)20-12-14-8-7-11-22(13-14)19(25)21-17(18(24)26-2)15-9-5-4-6-10-15/h4-6,9-10,14,17H,3,7-8,11-13H2,1-2H3,(H,20,23)(H,21,25)/t14-,17+/m0/s1. The number of nitrogens with one attached hydrogen (secondary N) is 2. The lowest BCUT2D eigenvalue weighted by molar-refractivity contribution is -0.143. The first-order valence-corrected chi connectivity index (χ1v) is 9.00. The summed E-state index contributed by atoms with van der Waals surface area (Å²) in [6.45, 7) is 3.56. The zero-order chi connectivity index (χ0) is 18.9. The minimum atomic E-state index is -0.839. The van der Waals surface area contributed by atoms with Crippen LogP contribution in [0.2, 0.25) is 0 Å². The van der Waals surface area contributed by atoms with Crippen molar-refractivity contribution in [3.8, 4) is 0 Å². The zero-order valence-electron chi connectivity index (χ0n) is 15.4. The molecular weight excluding hydrogens is 334 g/mol. The van der Waals surface area contributed by atoms with Crippen molar-refractivity contribution in [2.75, 3.05) is 26.7 Å². The quantitative estimate of drug-likeness (QED) is 0.757. The van der Waals surface area contributed by atoms with Gasteiger partial charge in [-0.1, -0.05) is 37.3 Å². The van der Waals surface area contributed by atoms with Crippen LogP contribution in [-0.4, -0.2) is 49.6 Å². The molecule has 0 bridgehead atoms. The molecule has 142 valence electrons. The first-order chi connectivity index (χ1) is 12.5. The summed E-state index contributed by atoms with van der Waals surface area (Å²) in [5.41, 5.74) is 0.677. The predicted molar refractivity (Wildman–Crippen MR) is 97.3 cm³/mol. The van der Waals surface area contributed by atoms with Crippen molar-refractivity contribution in [3.63, 3.8) is 0 Å². The van der Waals surface area contributed by atoms with Crippen LogP contribution in [0.25, 0.3) is 0 Å². The molecule has 2 N–H and O–H groups in total. The molecule has 0 aliphatic carbocycles. The van der Waals surface area contributed by atoms with Gasteiger partial charge >= 0.3 is 12.0 Å². The van der Waals surface area contributed by atoms with Crippen LogP contribution in [0.15, 0.2) is 30.3 Å². The Balaban J connectivity index is 1.97. The Morgan fingerprint density at radius 3 is 2.65 bits per heavy atom. The van der Waals surface area contributed by atoms with Gasteiger partial charge in [-0.15, -0.1) is 0 Å². The SMILES string of the molecule is CCC(=O)NC[C@@H]1CCCN(C(=O)N[C@@H](C(=O)OC)c2ccccc2)C1. The maximum absolute atomic E-state index is 12.7. The molecule has 3 amide bonds. The summed E-state index contributed by atoms with van der Waals surface area (Å²) >= 11 is 0. The van der Waals surface area contributed by atoms with Gasteiger partial charge in [0, 0.05) is 26.1 Å². The molecule has 1 fully saturated rings. The average Bonchev–Trinajstić information content (AvgIpc) is 2.70. The molecule has 2 rings (SSSR count). The van der Waals surface area contributed by atoms with E-state index in [0.717, 1.165) is 12.8 Å². The van der Waals surface area contributed by atoms with Crippen molar-refractivity contribution in [2.24, 2.45) is 5.92 Å². The van der Waals surface area contributed by atoms with E-state index in [0.29, 0.717) is 31.6 Å². The normalized spacial score (nSPS) is 17.9. The smallest absolute Gasteiger partial charge is 0.333 e. The number of urea groups is 1. The van der Waals surface area contributed by atoms with Crippen LogP contribution < -0.4 is 10.6 Å². The molecule has 0 unspecified atom stereocenters. The minimum absolute atomic E-state index is 0.0152. The van der Waals surface area contributed by atoms with Crippen LogP contribution in [0, 0.1) is 5.92 Å². The van der Waals surface area contributed by atoms with Gasteiger partial charge in [-0.05, 0) is 24.3 Å². The molecule has 0 aromatic heterocycles. The van der Waals surface area contributed by atoms with Crippen molar-refractivity contribution in [1.82, 2.24) is 15.5 Å². The third-order valence-corrected chi connectivity index (χ3v) is 4.55. The molecule has 7 nitrogen and oxygen atoms in total. The Kier molecular flexibility index (Phi) is 7.44. The maximum atomic E-state index is 12.7. The number of amides is 3. The summed E-state index contributed by atoms with van der Waals surface area (Å²) in [6, 6.07) is 7.89. The molecule has 0 spiro atoms. The number of esters is 1. The van der Waals surface area contributed by atoms with E-state index in [1.807, 2.05) is 25.1 Å². The average molecular weight is 361 g/mol. The zero-order valence-corrected chi connectivity index (χ0v) is 15.4. The molecular formula is C19H27N3O4. The molecule has 1 aliphatic rings. The number of hydrogen-bond acceptors (Lipinski definition) is 4. The summed E-state index contributed by atoms with van der Waals surface area (Å²) in [4.78, 5) is 37.9. The summed E-state index contributed by atoms with van der Waals surface area (Å²) in [7, 11) is 1.30. The fourth-order valence-electron chi connectivity index (χ4n) is 3.06. The number of methoxy groups -OCH3 is 1. The number of likely N-dealkylation sites (tertiary alicyclic amines) is 1. The number of carbonyl (C=O) groups is 3. The maximum Gasteiger partial charge on any atom is 0.333 e. The first kappa shape index (κ1) is 19.8. The Bertz CT molecular complexity index is 620. The largest absolute Gasteiger partial charge is 0.467 e. The summed E-state index contributed by atoms with van der Waals surface area (Å²) < 4.78 is 4.83. The van der Waals surface area contributed by atoms with Gasteiger partial charge in [-0.2, -0.15) is 0 Å². The molecule has 1 aromatic rings. The van der Waals surface area contributed by atoms with E-state index in [1.165, 1.54) is 7.11 Å². The molecule has 2 atom stereocenters. The molecule has 26 heavy (non-hydrogen) atoms. The van der Waals surface area contributed by atoms with Crippen molar-refractivity contribution in [2.45, 2.75) is 32.2 Å². The third-order valence-electron chi connectivity index (χ3n) is 4.55. The van der Waals surface area contributed by atoms with Gasteiger partial charge in [-0.25, -0.2) is 9.59 Å². The number of carbonyl (C=O) groups excluding carboxylic acids is 3. The molecule has 7 heteroatoms. The third kappa shape index (κ3) is 5.47. The van der Waals surface area contributed by atoms with E-state index < -0.39 is 12.0 Å². The number of hydrogen-bond donors (Lipinski definition) is 2. The van der Waals surface area contributed by atoms with Crippen LogP contribution in [-0.2, 0) is 14.3 Å². The van der Waals surface area contributed by atoms with E-state index in [1.54, 1.807) is 17.0 Å². The monoisotopic (exact) mass is 361 g/mol. The lowest BCUT2D eigenvalue weighted by atomic mass is 9.98. The van der Waals surface area contributed by atoms with Gasteiger partial charge in [0.15, 0.2) is 6.04 Å². The van der Waals surface area contributed by atoms with Crippen LogP contribution in [0.1, 0.15) is 37.8 Å². The fraction of sp³-hybridized carbons (Fsp3) is 0.526. The van der Waals surface area contributed by atoms with Gasteiger partial charge in [0.1, 0.15) is 0 Å². The number of piperidine rings is 1. The Hall–Kier alpha value is -2.57. The number of nitrogens with zero attached hydrogens (tertiary/aromatic N) is 1.